The molecule has 3 heterocycles. The number of nitrogens with zero attached hydrogens (tertiary/aromatic N) is 3. The van der Waals surface area contributed by atoms with Gasteiger partial charge in [-0.15, -0.1) is 0 Å². The van der Waals surface area contributed by atoms with Crippen LogP contribution in [0.25, 0.3) is 0 Å². The number of carbonyl (C=O) groups is 2. The molecule has 2 unspecified atom stereocenters. The van der Waals surface area contributed by atoms with Crippen molar-refractivity contribution < 1.29 is 23.6 Å². The molecule has 0 aliphatic carbocycles. The van der Waals surface area contributed by atoms with Crippen LogP contribution in [-0.2, 0) is 18.8 Å². The van der Waals surface area contributed by atoms with Crippen molar-refractivity contribution in [2.45, 2.75) is 97.1 Å². The number of amides is 2. The Hall–Kier alpha value is -2.40. The number of anilines is 1. The normalized spacial score (nSPS) is 22.4. The molecular formula is C23H38BN5O5. The molecule has 2 atom stereocenters. The molecule has 10 nitrogen and oxygen atoms in total. The quantitative estimate of drug-likeness (QED) is 0.599. The number of ether oxygens (including phenoxy) is 1. The number of hydrogen-bond acceptors (Lipinski definition) is 8. The SMILES string of the molecule is CC(NC(=O)OC(C)(C)C)C(=O)NCC1CCCN1c1ncc(B2OC(C)(C)C(C)(C)O2)cn1. The molecule has 0 spiro atoms. The zero-order chi connectivity index (χ0) is 25.3. The van der Waals surface area contributed by atoms with Gasteiger partial charge in [0.15, 0.2) is 0 Å². The number of alkyl carbamates (subject to hydrolysis) is 1. The van der Waals surface area contributed by atoms with E-state index < -0.39 is 36.1 Å². The Morgan fingerprint density at radius 2 is 1.79 bits per heavy atom. The molecule has 34 heavy (non-hydrogen) atoms. The van der Waals surface area contributed by atoms with Gasteiger partial charge in [0.05, 0.1) is 11.2 Å². The second-order valence-corrected chi connectivity index (χ2v) is 11.0. The highest BCUT2D eigenvalue weighted by Gasteiger charge is 2.52. The molecule has 3 rings (SSSR count). The van der Waals surface area contributed by atoms with Crippen molar-refractivity contribution >= 4 is 30.5 Å². The van der Waals surface area contributed by atoms with Gasteiger partial charge in [-0.25, -0.2) is 14.8 Å². The minimum Gasteiger partial charge on any atom is -0.444 e. The average Bonchev–Trinajstić information content (AvgIpc) is 3.26. The first kappa shape index (κ1) is 26.2. The average molecular weight is 475 g/mol. The molecule has 1 aromatic heterocycles. The van der Waals surface area contributed by atoms with Gasteiger partial charge in [-0.2, -0.15) is 0 Å². The Morgan fingerprint density at radius 3 is 2.35 bits per heavy atom. The van der Waals surface area contributed by atoms with Crippen LogP contribution in [0.3, 0.4) is 0 Å². The van der Waals surface area contributed by atoms with E-state index in [0.717, 1.165) is 24.8 Å². The molecule has 0 bridgehead atoms. The van der Waals surface area contributed by atoms with Crippen LogP contribution < -0.4 is 21.0 Å². The zero-order valence-electron chi connectivity index (χ0n) is 21.6. The van der Waals surface area contributed by atoms with Gasteiger partial charge in [-0.1, -0.05) is 0 Å². The first-order valence-electron chi connectivity index (χ1n) is 11.9. The second-order valence-electron chi connectivity index (χ2n) is 11.0. The second kappa shape index (κ2) is 9.69. The Bertz CT molecular complexity index is 871. The van der Waals surface area contributed by atoms with Crippen molar-refractivity contribution in [1.29, 1.82) is 0 Å². The summed E-state index contributed by atoms with van der Waals surface area (Å²) in [4.78, 5) is 35.6. The molecule has 0 radical (unpaired) electrons. The van der Waals surface area contributed by atoms with Crippen LogP contribution in [0.4, 0.5) is 10.7 Å². The van der Waals surface area contributed by atoms with Crippen LogP contribution >= 0.6 is 0 Å². The van der Waals surface area contributed by atoms with E-state index in [2.05, 4.69) is 25.5 Å². The van der Waals surface area contributed by atoms with Gasteiger partial charge < -0.3 is 29.6 Å². The molecule has 11 heteroatoms. The van der Waals surface area contributed by atoms with Crippen molar-refractivity contribution in [2.75, 3.05) is 18.0 Å². The van der Waals surface area contributed by atoms with Crippen molar-refractivity contribution in [2.24, 2.45) is 0 Å². The predicted molar refractivity (Wildman–Crippen MR) is 130 cm³/mol. The van der Waals surface area contributed by atoms with Gasteiger partial charge in [0.25, 0.3) is 0 Å². The summed E-state index contributed by atoms with van der Waals surface area (Å²) in [5.41, 5.74) is -0.704. The topological polar surface area (TPSA) is 115 Å². The van der Waals surface area contributed by atoms with Crippen LogP contribution in [0.1, 0.15) is 68.2 Å². The Morgan fingerprint density at radius 1 is 1.21 bits per heavy atom. The molecule has 1 aromatic rings. The molecule has 2 N–H and O–H groups in total. The monoisotopic (exact) mass is 475 g/mol. The lowest BCUT2D eigenvalue weighted by Crippen LogP contribution is -2.49. The molecule has 2 fully saturated rings. The molecular weight excluding hydrogens is 437 g/mol. The number of aromatic nitrogens is 2. The van der Waals surface area contributed by atoms with E-state index in [0.29, 0.717) is 12.5 Å². The maximum atomic E-state index is 12.5. The summed E-state index contributed by atoms with van der Waals surface area (Å²) >= 11 is 0. The summed E-state index contributed by atoms with van der Waals surface area (Å²) in [6, 6.07) is -0.638. The Balaban J connectivity index is 1.54. The molecule has 2 saturated heterocycles. The summed E-state index contributed by atoms with van der Waals surface area (Å²) in [5.74, 6) is 0.340. The lowest BCUT2D eigenvalue weighted by atomic mass is 9.81. The number of hydrogen-bond donors (Lipinski definition) is 2. The van der Waals surface area contributed by atoms with Crippen LogP contribution in [0.15, 0.2) is 12.4 Å². The smallest absolute Gasteiger partial charge is 0.444 e. The fourth-order valence-electron chi connectivity index (χ4n) is 3.81. The minimum absolute atomic E-state index is 0.0698. The van der Waals surface area contributed by atoms with E-state index in [-0.39, 0.29) is 11.9 Å². The maximum absolute atomic E-state index is 12.5. The van der Waals surface area contributed by atoms with Crippen molar-refractivity contribution in [3.63, 3.8) is 0 Å². The summed E-state index contributed by atoms with van der Waals surface area (Å²) in [7, 11) is -0.508. The fraction of sp³-hybridized carbons (Fsp3) is 0.739. The Kier molecular flexibility index (Phi) is 7.47. The van der Waals surface area contributed by atoms with Crippen molar-refractivity contribution in [3.05, 3.63) is 12.4 Å². The number of nitrogens with one attached hydrogen (secondary N) is 2. The predicted octanol–water partition coefficient (Wildman–Crippen LogP) is 1.77. The molecule has 0 saturated carbocycles. The third-order valence-electron chi connectivity index (χ3n) is 6.46. The molecule has 2 amide bonds. The van der Waals surface area contributed by atoms with E-state index >= 15 is 0 Å². The molecule has 188 valence electrons. The fourth-order valence-corrected chi connectivity index (χ4v) is 3.81. The van der Waals surface area contributed by atoms with Gasteiger partial charge in [0, 0.05) is 37.0 Å². The minimum atomic E-state index is -0.708. The van der Waals surface area contributed by atoms with Gasteiger partial charge in [-0.05, 0) is 68.2 Å². The van der Waals surface area contributed by atoms with Crippen molar-refractivity contribution in [1.82, 2.24) is 20.6 Å². The highest BCUT2D eigenvalue weighted by Crippen LogP contribution is 2.36. The summed E-state index contributed by atoms with van der Waals surface area (Å²) in [6.45, 7) is 16.2. The summed E-state index contributed by atoms with van der Waals surface area (Å²) < 4.78 is 17.4. The van der Waals surface area contributed by atoms with Gasteiger partial charge in [0.1, 0.15) is 11.6 Å². The number of rotatable bonds is 6. The molecule has 2 aliphatic heterocycles. The highest BCUT2D eigenvalue weighted by molar-refractivity contribution is 6.61. The van der Waals surface area contributed by atoms with Gasteiger partial charge in [0.2, 0.25) is 11.9 Å². The third-order valence-corrected chi connectivity index (χ3v) is 6.46. The lowest BCUT2D eigenvalue weighted by Gasteiger charge is -2.32. The largest absolute Gasteiger partial charge is 0.498 e. The van der Waals surface area contributed by atoms with Crippen LogP contribution in [0.5, 0.6) is 0 Å². The lowest BCUT2D eigenvalue weighted by molar-refractivity contribution is -0.122. The first-order valence-corrected chi connectivity index (χ1v) is 11.9. The van der Waals surface area contributed by atoms with Crippen LogP contribution in [0, 0.1) is 0 Å². The molecule has 0 aromatic carbocycles. The van der Waals surface area contributed by atoms with E-state index in [1.165, 1.54) is 0 Å². The number of carbonyl (C=O) groups excluding carboxylic acids is 2. The summed E-state index contributed by atoms with van der Waals surface area (Å²) in [6.07, 6.45) is 4.76. The van der Waals surface area contributed by atoms with Gasteiger partial charge in [-0.3, -0.25) is 4.79 Å². The van der Waals surface area contributed by atoms with E-state index in [1.54, 1.807) is 40.1 Å². The maximum Gasteiger partial charge on any atom is 0.498 e. The third kappa shape index (κ3) is 6.18. The zero-order valence-corrected chi connectivity index (χ0v) is 21.6. The highest BCUT2D eigenvalue weighted by atomic mass is 16.7. The van der Waals surface area contributed by atoms with E-state index in [1.807, 2.05) is 27.7 Å². The van der Waals surface area contributed by atoms with Gasteiger partial charge >= 0.3 is 13.2 Å². The molecule has 2 aliphatic rings. The van der Waals surface area contributed by atoms with Crippen molar-refractivity contribution in [3.8, 4) is 0 Å². The van der Waals surface area contributed by atoms with E-state index in [4.69, 9.17) is 14.0 Å². The summed E-state index contributed by atoms with van der Waals surface area (Å²) in [5, 5.41) is 5.48. The standard InChI is InChI=1S/C23H38BN5O5/c1-15(28-20(31)32-21(2,3)4)18(30)25-14-17-10-9-11-29(17)19-26-12-16(13-27-19)24-33-22(5,6)23(7,8)34-24/h12-13,15,17H,9-11,14H2,1-8H3,(H,25,30)(H,28,31). The van der Waals surface area contributed by atoms with Crippen LogP contribution in [-0.4, -0.2) is 71.1 Å². The van der Waals surface area contributed by atoms with E-state index in [9.17, 15) is 9.59 Å². The first-order chi connectivity index (χ1) is 15.7. The van der Waals surface area contributed by atoms with Crippen LogP contribution in [0.2, 0.25) is 0 Å². The Labute approximate surface area is 202 Å².